The van der Waals surface area contributed by atoms with Crippen LogP contribution in [-0.2, 0) is 32.6 Å². The molecule has 1 N–H and O–H groups in total. The molecule has 41 heavy (non-hydrogen) atoms. The maximum Gasteiger partial charge on any atom is 0.244 e. The fourth-order valence-electron chi connectivity index (χ4n) is 4.27. The molecule has 0 saturated heterocycles. The maximum atomic E-state index is 14.2. The first-order chi connectivity index (χ1) is 19.2. The third-order valence-corrected chi connectivity index (χ3v) is 7.89. The summed E-state index contributed by atoms with van der Waals surface area (Å²) in [7, 11) is -2.60. The van der Waals surface area contributed by atoms with Crippen LogP contribution in [0, 0.1) is 0 Å². The van der Waals surface area contributed by atoms with Crippen molar-refractivity contribution in [3.05, 3.63) is 94.0 Å². The Morgan fingerprint density at radius 3 is 2.20 bits per heavy atom. The third kappa shape index (κ3) is 9.11. The van der Waals surface area contributed by atoms with E-state index < -0.39 is 34.1 Å². The van der Waals surface area contributed by atoms with E-state index in [2.05, 4.69) is 5.32 Å². The van der Waals surface area contributed by atoms with Crippen molar-refractivity contribution in [1.29, 1.82) is 0 Å². The fraction of sp³-hybridized carbons (Fsp3) is 0.333. The molecule has 0 heterocycles. The van der Waals surface area contributed by atoms with E-state index in [9.17, 15) is 18.0 Å². The zero-order valence-electron chi connectivity index (χ0n) is 23.7. The zero-order valence-corrected chi connectivity index (χ0v) is 26.1. The Kier molecular flexibility index (Phi) is 10.7. The van der Waals surface area contributed by atoms with Gasteiger partial charge in [0.25, 0.3) is 0 Å². The van der Waals surface area contributed by atoms with Crippen LogP contribution in [0.25, 0.3) is 0 Å². The summed E-state index contributed by atoms with van der Waals surface area (Å²) in [5.41, 5.74) is 0.954. The SMILES string of the molecule is COc1ccc(Cl)cc1N(CC(=O)N(Cc1ccccc1Cl)[C@H](Cc1ccccc1)C(=O)NC(C)(C)C)S(C)(=O)=O. The molecule has 1 atom stereocenters. The number of nitrogens with one attached hydrogen (secondary N) is 1. The summed E-state index contributed by atoms with van der Waals surface area (Å²) in [5.74, 6) is -0.771. The number of hydrogen-bond donors (Lipinski definition) is 1. The second-order valence-corrected chi connectivity index (χ2v) is 13.4. The highest BCUT2D eigenvalue weighted by molar-refractivity contribution is 7.92. The zero-order chi connectivity index (χ0) is 30.4. The van der Waals surface area contributed by atoms with Crippen LogP contribution in [0.1, 0.15) is 31.9 Å². The number of sulfonamides is 1. The number of ether oxygens (including phenoxy) is 1. The van der Waals surface area contributed by atoms with Gasteiger partial charge in [-0.15, -0.1) is 0 Å². The lowest BCUT2D eigenvalue weighted by Crippen LogP contribution is -2.56. The lowest BCUT2D eigenvalue weighted by atomic mass is 10.0. The average molecular weight is 621 g/mol. The average Bonchev–Trinajstić information content (AvgIpc) is 2.89. The van der Waals surface area contributed by atoms with Gasteiger partial charge in [0, 0.05) is 28.5 Å². The summed E-state index contributed by atoms with van der Waals surface area (Å²) in [6.07, 6.45) is 1.19. The molecule has 0 aliphatic heterocycles. The number of carbonyl (C=O) groups excluding carboxylic acids is 2. The number of nitrogens with zero attached hydrogens (tertiary/aromatic N) is 2. The van der Waals surface area contributed by atoms with E-state index >= 15 is 0 Å². The number of methoxy groups -OCH3 is 1. The van der Waals surface area contributed by atoms with E-state index in [0.29, 0.717) is 10.6 Å². The Bertz CT molecular complexity index is 1480. The van der Waals surface area contributed by atoms with Crippen LogP contribution in [-0.4, -0.2) is 56.6 Å². The Balaban J connectivity index is 2.13. The molecule has 0 bridgehead atoms. The van der Waals surface area contributed by atoms with Crippen LogP contribution in [0.2, 0.25) is 10.0 Å². The molecule has 11 heteroatoms. The second kappa shape index (κ2) is 13.6. The quantitative estimate of drug-likeness (QED) is 0.313. The Morgan fingerprint density at radius 2 is 1.61 bits per heavy atom. The largest absolute Gasteiger partial charge is 0.495 e. The summed E-state index contributed by atoms with van der Waals surface area (Å²) < 4.78 is 32.4. The van der Waals surface area contributed by atoms with Gasteiger partial charge in [0.2, 0.25) is 21.8 Å². The van der Waals surface area contributed by atoms with Crippen molar-refractivity contribution < 1.29 is 22.7 Å². The van der Waals surface area contributed by atoms with E-state index in [1.807, 2.05) is 51.1 Å². The van der Waals surface area contributed by atoms with Crippen LogP contribution in [0.15, 0.2) is 72.8 Å². The molecule has 0 unspecified atom stereocenters. The normalized spacial score (nSPS) is 12.4. The summed E-state index contributed by atoms with van der Waals surface area (Å²) in [6, 6.07) is 19.8. The topological polar surface area (TPSA) is 96.0 Å². The van der Waals surface area contributed by atoms with Gasteiger partial charge >= 0.3 is 0 Å². The predicted octanol–water partition coefficient (Wildman–Crippen LogP) is 5.32. The second-order valence-electron chi connectivity index (χ2n) is 10.6. The molecule has 0 spiro atoms. The first kappa shape index (κ1) is 32.2. The monoisotopic (exact) mass is 619 g/mol. The van der Waals surface area contributed by atoms with Gasteiger partial charge in [-0.05, 0) is 56.2 Å². The lowest BCUT2D eigenvalue weighted by Gasteiger charge is -2.35. The van der Waals surface area contributed by atoms with E-state index in [4.69, 9.17) is 27.9 Å². The highest BCUT2D eigenvalue weighted by atomic mass is 35.5. The highest BCUT2D eigenvalue weighted by Gasteiger charge is 2.35. The molecule has 2 amide bonds. The van der Waals surface area contributed by atoms with Gasteiger partial charge in [-0.3, -0.25) is 13.9 Å². The molecule has 0 fully saturated rings. The third-order valence-electron chi connectivity index (χ3n) is 6.16. The minimum atomic E-state index is -3.99. The maximum absolute atomic E-state index is 14.2. The molecular formula is C30H35Cl2N3O5S. The van der Waals surface area contributed by atoms with Crippen molar-refractivity contribution >= 4 is 50.7 Å². The van der Waals surface area contributed by atoms with E-state index in [-0.39, 0.29) is 35.3 Å². The van der Waals surface area contributed by atoms with Gasteiger partial charge in [-0.2, -0.15) is 0 Å². The van der Waals surface area contributed by atoms with E-state index in [1.54, 1.807) is 30.3 Å². The smallest absolute Gasteiger partial charge is 0.244 e. The van der Waals surface area contributed by atoms with Gasteiger partial charge in [-0.1, -0.05) is 71.7 Å². The number of benzene rings is 3. The number of rotatable bonds is 11. The van der Waals surface area contributed by atoms with Crippen molar-refractivity contribution in [2.45, 2.75) is 45.3 Å². The van der Waals surface area contributed by atoms with Crippen molar-refractivity contribution in [1.82, 2.24) is 10.2 Å². The van der Waals surface area contributed by atoms with Gasteiger partial charge in [0.1, 0.15) is 18.3 Å². The highest BCUT2D eigenvalue weighted by Crippen LogP contribution is 2.33. The van der Waals surface area contributed by atoms with Gasteiger partial charge < -0.3 is 15.0 Å². The van der Waals surface area contributed by atoms with Crippen molar-refractivity contribution in [3.8, 4) is 5.75 Å². The van der Waals surface area contributed by atoms with Gasteiger partial charge in [0.05, 0.1) is 19.1 Å². The van der Waals surface area contributed by atoms with Crippen LogP contribution in [0.3, 0.4) is 0 Å². The molecule has 3 rings (SSSR count). The van der Waals surface area contributed by atoms with Crippen LogP contribution >= 0.6 is 23.2 Å². The van der Waals surface area contributed by atoms with Crippen molar-refractivity contribution in [3.63, 3.8) is 0 Å². The number of hydrogen-bond acceptors (Lipinski definition) is 5. The first-order valence-electron chi connectivity index (χ1n) is 12.9. The van der Waals surface area contributed by atoms with Gasteiger partial charge in [-0.25, -0.2) is 8.42 Å². The number of anilines is 1. The summed E-state index contributed by atoms with van der Waals surface area (Å²) >= 11 is 12.7. The Hall–Kier alpha value is -3.27. The summed E-state index contributed by atoms with van der Waals surface area (Å²) in [5, 5.41) is 3.66. The molecule has 8 nitrogen and oxygen atoms in total. The molecule has 3 aromatic carbocycles. The molecule has 0 aromatic heterocycles. The minimum absolute atomic E-state index is 0.0299. The predicted molar refractivity (Wildman–Crippen MR) is 164 cm³/mol. The van der Waals surface area contributed by atoms with Crippen LogP contribution in [0.5, 0.6) is 5.75 Å². The van der Waals surface area contributed by atoms with Crippen molar-refractivity contribution in [2.24, 2.45) is 0 Å². The molecule has 0 aliphatic carbocycles. The number of halogens is 2. The molecule has 3 aromatic rings. The first-order valence-corrected chi connectivity index (χ1v) is 15.5. The fourth-order valence-corrected chi connectivity index (χ4v) is 5.48. The standard InChI is InChI=1S/C30H35Cl2N3O5S/c1-30(2,3)33-29(37)26(17-21-11-7-6-8-12-21)34(19-22-13-9-10-14-24(22)32)28(36)20-35(41(5,38)39)25-18-23(31)15-16-27(25)40-4/h6-16,18,26H,17,19-20H2,1-5H3,(H,33,37)/t26-/m1/s1. The van der Waals surface area contributed by atoms with E-state index in [1.165, 1.54) is 24.1 Å². The molecule has 220 valence electrons. The molecular weight excluding hydrogens is 585 g/mol. The van der Waals surface area contributed by atoms with Crippen molar-refractivity contribution in [2.75, 3.05) is 24.2 Å². The Labute approximate surface area is 252 Å². The summed E-state index contributed by atoms with van der Waals surface area (Å²) in [4.78, 5) is 29.4. The Morgan fingerprint density at radius 1 is 0.976 bits per heavy atom. The summed E-state index contributed by atoms with van der Waals surface area (Å²) in [6.45, 7) is 4.91. The van der Waals surface area contributed by atoms with Crippen LogP contribution in [0.4, 0.5) is 5.69 Å². The van der Waals surface area contributed by atoms with Gasteiger partial charge in [0.15, 0.2) is 0 Å². The lowest BCUT2D eigenvalue weighted by molar-refractivity contribution is -0.140. The molecule has 0 aliphatic rings. The van der Waals surface area contributed by atoms with E-state index in [0.717, 1.165) is 16.1 Å². The number of amides is 2. The molecule has 0 radical (unpaired) electrons. The minimum Gasteiger partial charge on any atom is -0.495 e. The molecule has 0 saturated carbocycles. The number of carbonyl (C=O) groups is 2. The van der Waals surface area contributed by atoms with Crippen LogP contribution < -0.4 is 14.4 Å².